The van der Waals surface area contributed by atoms with Crippen molar-refractivity contribution in [3.8, 4) is 17.1 Å². The molecule has 1 heterocycles. The van der Waals surface area contributed by atoms with Crippen LogP contribution in [0.4, 0.5) is 0 Å². The van der Waals surface area contributed by atoms with Crippen molar-refractivity contribution in [1.29, 1.82) is 0 Å². The molecule has 1 atom stereocenters. The number of aromatic nitrogens is 2. The molecule has 0 bridgehead atoms. The van der Waals surface area contributed by atoms with Gasteiger partial charge in [0.05, 0.1) is 17.4 Å². The first-order valence-electron chi connectivity index (χ1n) is 13.1. The second-order valence-corrected chi connectivity index (χ2v) is 10.7. The van der Waals surface area contributed by atoms with Gasteiger partial charge >= 0.3 is 0 Å². The molecular weight excluding hydrogens is 418 g/mol. The van der Waals surface area contributed by atoms with Crippen LogP contribution in [-0.2, 0) is 19.5 Å². The number of hydrogen-bond acceptors (Lipinski definition) is 3. The minimum Gasteiger partial charge on any atom is -0.508 e. The van der Waals surface area contributed by atoms with E-state index in [1.165, 1.54) is 41.8 Å². The summed E-state index contributed by atoms with van der Waals surface area (Å²) in [5.74, 6) is 1.46. The van der Waals surface area contributed by atoms with Gasteiger partial charge in [-0.3, -0.25) is 4.90 Å². The molecule has 0 radical (unpaired) electrons. The average molecular weight is 460 g/mol. The molecule has 1 aliphatic rings. The average Bonchev–Trinajstić information content (AvgIpc) is 3.18. The Labute approximate surface area is 205 Å². The Bertz CT molecular complexity index is 1050. The number of imidazole rings is 1. The molecule has 0 amide bonds. The van der Waals surface area contributed by atoms with Gasteiger partial charge in [-0.05, 0) is 55.3 Å². The van der Waals surface area contributed by atoms with Crippen LogP contribution in [0, 0.1) is 5.41 Å². The van der Waals surface area contributed by atoms with E-state index in [1.807, 2.05) is 12.1 Å². The number of aromatic hydroxyl groups is 1. The quantitative estimate of drug-likeness (QED) is 0.344. The van der Waals surface area contributed by atoms with E-state index in [2.05, 4.69) is 79.6 Å². The zero-order chi connectivity index (χ0) is 24.1. The molecule has 4 rings (SSSR count). The lowest BCUT2D eigenvalue weighted by Gasteiger charge is -2.41. The predicted octanol–water partition coefficient (Wildman–Crippen LogP) is 7.37. The molecule has 1 N–H and O–H groups in total. The topological polar surface area (TPSA) is 41.3 Å². The number of hydrogen-bond donors (Lipinski definition) is 1. The zero-order valence-electron chi connectivity index (χ0n) is 21.4. The highest BCUT2D eigenvalue weighted by Crippen LogP contribution is 2.45. The van der Waals surface area contributed by atoms with Crippen LogP contribution in [0.15, 0.2) is 54.6 Å². The number of phenolic OH excluding ortho intramolecular Hbond substituents is 1. The Kier molecular flexibility index (Phi) is 7.77. The van der Waals surface area contributed by atoms with Gasteiger partial charge in [0.1, 0.15) is 11.6 Å². The highest BCUT2D eigenvalue weighted by Gasteiger charge is 2.39. The molecule has 0 saturated carbocycles. The third kappa shape index (κ3) is 5.55. The third-order valence-corrected chi connectivity index (χ3v) is 7.12. The van der Waals surface area contributed by atoms with Crippen molar-refractivity contribution in [2.45, 2.75) is 85.4 Å². The monoisotopic (exact) mass is 459 g/mol. The van der Waals surface area contributed by atoms with E-state index < -0.39 is 0 Å². The number of nitrogens with zero attached hydrogens (tertiary/aromatic N) is 3. The fraction of sp³-hybridized carbons (Fsp3) is 0.500. The Morgan fingerprint density at radius 2 is 1.71 bits per heavy atom. The highest BCUT2D eigenvalue weighted by molar-refractivity contribution is 5.57. The summed E-state index contributed by atoms with van der Waals surface area (Å²) in [6.45, 7) is 12.3. The van der Waals surface area contributed by atoms with Crippen LogP contribution in [0.2, 0.25) is 0 Å². The second-order valence-electron chi connectivity index (χ2n) is 10.7. The van der Waals surface area contributed by atoms with E-state index in [0.29, 0.717) is 11.8 Å². The minimum absolute atomic E-state index is 0.203. The van der Waals surface area contributed by atoms with Gasteiger partial charge in [-0.1, -0.05) is 83.0 Å². The standard InChI is InChI=1S/C30H41N3O/c1-5-7-18-32(22-23-14-16-25(34)17-15-23)27-21-30(3,4)20-26-28(27)33(19-8-6-2)29(31-26)24-12-10-9-11-13-24/h9-17,27,34H,5-8,18-22H2,1-4H3. The van der Waals surface area contributed by atoms with E-state index in [-0.39, 0.29) is 5.41 Å². The zero-order valence-corrected chi connectivity index (χ0v) is 21.4. The summed E-state index contributed by atoms with van der Waals surface area (Å²) in [5.41, 5.74) is 5.38. The van der Waals surface area contributed by atoms with Gasteiger partial charge in [0.2, 0.25) is 0 Å². The van der Waals surface area contributed by atoms with Gasteiger partial charge in [-0.25, -0.2) is 4.98 Å². The largest absolute Gasteiger partial charge is 0.508 e. The Balaban J connectivity index is 1.80. The molecule has 4 nitrogen and oxygen atoms in total. The van der Waals surface area contributed by atoms with Gasteiger partial charge in [-0.15, -0.1) is 0 Å². The van der Waals surface area contributed by atoms with Gasteiger partial charge in [0.25, 0.3) is 0 Å². The van der Waals surface area contributed by atoms with Crippen molar-refractivity contribution in [3.63, 3.8) is 0 Å². The fourth-order valence-corrected chi connectivity index (χ4v) is 5.36. The van der Waals surface area contributed by atoms with Crippen molar-refractivity contribution in [3.05, 3.63) is 71.5 Å². The molecule has 34 heavy (non-hydrogen) atoms. The molecule has 1 aromatic heterocycles. The maximum absolute atomic E-state index is 9.78. The number of unbranched alkanes of at least 4 members (excludes halogenated alkanes) is 2. The lowest BCUT2D eigenvalue weighted by molar-refractivity contribution is 0.111. The Morgan fingerprint density at radius 3 is 2.38 bits per heavy atom. The van der Waals surface area contributed by atoms with Gasteiger partial charge < -0.3 is 9.67 Å². The van der Waals surface area contributed by atoms with Crippen molar-refractivity contribution in [2.75, 3.05) is 6.54 Å². The van der Waals surface area contributed by atoms with Crippen LogP contribution in [0.25, 0.3) is 11.4 Å². The van der Waals surface area contributed by atoms with Crippen LogP contribution in [0.5, 0.6) is 5.75 Å². The van der Waals surface area contributed by atoms with Gasteiger partial charge in [0.15, 0.2) is 0 Å². The molecule has 0 aliphatic heterocycles. The van der Waals surface area contributed by atoms with Crippen LogP contribution < -0.4 is 0 Å². The number of benzene rings is 2. The first-order chi connectivity index (χ1) is 16.4. The summed E-state index contributed by atoms with van der Waals surface area (Å²) < 4.78 is 2.55. The van der Waals surface area contributed by atoms with Crippen molar-refractivity contribution in [1.82, 2.24) is 14.5 Å². The molecule has 0 saturated heterocycles. The molecule has 1 aliphatic carbocycles. The SMILES string of the molecule is CCCCN(Cc1ccc(O)cc1)C1CC(C)(C)Cc2nc(-c3ccccc3)n(CCCC)c21. The smallest absolute Gasteiger partial charge is 0.140 e. The first kappa shape index (κ1) is 24.5. The van der Waals surface area contributed by atoms with E-state index in [0.717, 1.165) is 44.7 Å². The molecular formula is C30H41N3O. The molecule has 4 heteroatoms. The van der Waals surface area contributed by atoms with Crippen LogP contribution >= 0.6 is 0 Å². The predicted molar refractivity (Wildman–Crippen MR) is 141 cm³/mol. The number of phenols is 1. The molecule has 1 unspecified atom stereocenters. The van der Waals surface area contributed by atoms with Crippen LogP contribution in [0.3, 0.4) is 0 Å². The number of fused-ring (bicyclic) bond motifs is 1. The summed E-state index contributed by atoms with van der Waals surface area (Å²) >= 11 is 0. The van der Waals surface area contributed by atoms with E-state index >= 15 is 0 Å². The van der Waals surface area contributed by atoms with Gasteiger partial charge in [0, 0.05) is 18.7 Å². The van der Waals surface area contributed by atoms with Crippen LogP contribution in [0.1, 0.15) is 82.8 Å². The second kappa shape index (κ2) is 10.8. The lowest BCUT2D eigenvalue weighted by Crippen LogP contribution is -2.38. The summed E-state index contributed by atoms with van der Waals surface area (Å²) in [6, 6.07) is 18.8. The summed E-state index contributed by atoms with van der Waals surface area (Å²) in [6.07, 6.45) is 6.85. The minimum atomic E-state index is 0.203. The normalized spacial score (nSPS) is 17.1. The third-order valence-electron chi connectivity index (χ3n) is 7.12. The Hall–Kier alpha value is -2.59. The van der Waals surface area contributed by atoms with E-state index in [4.69, 9.17) is 4.98 Å². The van der Waals surface area contributed by atoms with E-state index in [9.17, 15) is 5.11 Å². The summed E-state index contributed by atoms with van der Waals surface area (Å²) in [7, 11) is 0. The van der Waals surface area contributed by atoms with Crippen molar-refractivity contribution >= 4 is 0 Å². The summed E-state index contributed by atoms with van der Waals surface area (Å²) in [4.78, 5) is 7.98. The summed E-state index contributed by atoms with van der Waals surface area (Å²) in [5, 5.41) is 9.78. The molecule has 0 fully saturated rings. The van der Waals surface area contributed by atoms with Crippen molar-refractivity contribution in [2.24, 2.45) is 5.41 Å². The Morgan fingerprint density at radius 1 is 1.00 bits per heavy atom. The van der Waals surface area contributed by atoms with Gasteiger partial charge in [-0.2, -0.15) is 0 Å². The van der Waals surface area contributed by atoms with E-state index in [1.54, 1.807) is 0 Å². The fourth-order valence-electron chi connectivity index (χ4n) is 5.36. The lowest BCUT2D eigenvalue weighted by atomic mass is 9.75. The highest BCUT2D eigenvalue weighted by atomic mass is 16.3. The number of rotatable bonds is 10. The first-order valence-corrected chi connectivity index (χ1v) is 13.1. The molecule has 2 aromatic carbocycles. The van der Waals surface area contributed by atoms with Crippen molar-refractivity contribution < 1.29 is 5.11 Å². The van der Waals surface area contributed by atoms with Crippen LogP contribution in [-0.4, -0.2) is 26.1 Å². The molecule has 182 valence electrons. The maximum Gasteiger partial charge on any atom is 0.140 e. The molecule has 3 aromatic rings. The molecule has 0 spiro atoms. The maximum atomic E-state index is 9.78.